The Kier molecular flexibility index (Phi) is 4.10. The van der Waals surface area contributed by atoms with Crippen LogP contribution in [-0.4, -0.2) is 31.8 Å². The van der Waals surface area contributed by atoms with E-state index in [0.717, 1.165) is 16.5 Å². The number of esters is 1. The largest absolute Gasteiger partial charge is 0.459 e. The average Bonchev–Trinajstić information content (AvgIpc) is 3.12. The summed E-state index contributed by atoms with van der Waals surface area (Å²) in [4.78, 5) is 30.3. The Morgan fingerprint density at radius 1 is 1.27 bits per heavy atom. The number of rotatable bonds is 1. The van der Waals surface area contributed by atoms with Crippen LogP contribution in [0, 0.1) is 5.92 Å². The third-order valence-corrected chi connectivity index (χ3v) is 6.61. The first kappa shape index (κ1) is 19.0. The van der Waals surface area contributed by atoms with Gasteiger partial charge in [0.05, 0.1) is 34.6 Å². The van der Waals surface area contributed by atoms with Gasteiger partial charge in [-0.1, -0.05) is 32.0 Å². The highest BCUT2D eigenvalue weighted by Gasteiger charge is 2.46. The molecule has 2 N–H and O–H groups in total. The molecule has 2 aromatic heterocycles. The van der Waals surface area contributed by atoms with Crippen molar-refractivity contribution in [3.63, 3.8) is 0 Å². The van der Waals surface area contributed by atoms with Gasteiger partial charge in [0.15, 0.2) is 6.10 Å². The first-order valence-corrected chi connectivity index (χ1v) is 10.1. The zero-order chi connectivity index (χ0) is 21.2. The number of carbonyl (C=O) groups is 1. The molecular weight excluding hydrogens is 384 g/mol. The van der Waals surface area contributed by atoms with E-state index in [2.05, 4.69) is 0 Å². The van der Waals surface area contributed by atoms with Gasteiger partial charge < -0.3 is 19.5 Å². The molecule has 30 heavy (non-hydrogen) atoms. The summed E-state index contributed by atoms with van der Waals surface area (Å²) in [6, 6.07) is 11.6. The molecular formula is C23H22N2O5. The Labute approximate surface area is 172 Å². The highest BCUT2D eigenvalue weighted by atomic mass is 16.5. The Morgan fingerprint density at radius 3 is 2.80 bits per heavy atom. The monoisotopic (exact) mass is 406 g/mol. The second-order valence-electron chi connectivity index (χ2n) is 8.12. The summed E-state index contributed by atoms with van der Waals surface area (Å²) in [6.45, 7) is 3.44. The van der Waals surface area contributed by atoms with Crippen LogP contribution >= 0.6 is 0 Å². The summed E-state index contributed by atoms with van der Waals surface area (Å²) in [5, 5.41) is 22.9. The van der Waals surface area contributed by atoms with Gasteiger partial charge in [-0.2, -0.15) is 0 Å². The highest BCUT2D eigenvalue weighted by Crippen LogP contribution is 2.41. The molecule has 0 saturated heterocycles. The first-order chi connectivity index (χ1) is 14.3. The van der Waals surface area contributed by atoms with Crippen LogP contribution in [0.5, 0.6) is 0 Å². The molecule has 7 nitrogen and oxygen atoms in total. The number of ether oxygens (including phenoxy) is 1. The smallest absolute Gasteiger partial charge is 0.335 e. The van der Waals surface area contributed by atoms with Crippen molar-refractivity contribution < 1.29 is 19.7 Å². The molecule has 5 rings (SSSR count). The number of cyclic esters (lactones) is 1. The van der Waals surface area contributed by atoms with Gasteiger partial charge in [-0.15, -0.1) is 0 Å². The van der Waals surface area contributed by atoms with E-state index in [1.807, 2.05) is 30.3 Å². The lowest BCUT2D eigenvalue weighted by atomic mass is 9.75. The molecule has 0 spiro atoms. The van der Waals surface area contributed by atoms with Crippen molar-refractivity contribution in [3.05, 3.63) is 63.4 Å². The first-order valence-electron chi connectivity index (χ1n) is 10.1. The van der Waals surface area contributed by atoms with Crippen LogP contribution in [0.25, 0.3) is 22.3 Å². The molecule has 0 bridgehead atoms. The fraction of sp³-hybridized carbons (Fsp3) is 0.348. The quantitative estimate of drug-likeness (QED) is 0.469. The van der Waals surface area contributed by atoms with Crippen LogP contribution < -0.4 is 5.56 Å². The molecule has 7 heteroatoms. The highest BCUT2D eigenvalue weighted by molar-refractivity contribution is 5.84. The molecule has 2 aliphatic rings. The fourth-order valence-corrected chi connectivity index (χ4v) is 4.69. The lowest BCUT2D eigenvalue weighted by Gasteiger charge is -2.38. The van der Waals surface area contributed by atoms with Crippen molar-refractivity contribution >= 4 is 16.9 Å². The van der Waals surface area contributed by atoms with Gasteiger partial charge in [-0.05, 0) is 30.2 Å². The summed E-state index contributed by atoms with van der Waals surface area (Å²) >= 11 is 0. The van der Waals surface area contributed by atoms with Gasteiger partial charge in [0.2, 0.25) is 0 Å². The zero-order valence-electron chi connectivity index (χ0n) is 16.8. The molecule has 2 aliphatic heterocycles. The Hall–Kier alpha value is -3.03. The summed E-state index contributed by atoms with van der Waals surface area (Å²) < 4.78 is 6.79. The topological polar surface area (TPSA) is 102 Å². The lowest BCUT2D eigenvalue weighted by molar-refractivity contribution is -0.168. The number of nitrogens with zero attached hydrogens (tertiary/aromatic N) is 2. The van der Waals surface area contributed by atoms with E-state index in [4.69, 9.17) is 9.72 Å². The molecule has 1 aromatic carbocycles. The van der Waals surface area contributed by atoms with Crippen LogP contribution in [0.15, 0.2) is 41.2 Å². The third-order valence-electron chi connectivity index (χ3n) is 6.61. The van der Waals surface area contributed by atoms with Crippen LogP contribution in [0.3, 0.4) is 0 Å². The van der Waals surface area contributed by atoms with Crippen molar-refractivity contribution in [2.75, 3.05) is 0 Å². The predicted octanol–water partition coefficient (Wildman–Crippen LogP) is 2.08. The number of aliphatic hydroxyl groups is 2. The second kappa shape index (κ2) is 6.48. The number of hydrogen-bond donors (Lipinski definition) is 2. The van der Waals surface area contributed by atoms with Crippen LogP contribution in [0.1, 0.15) is 37.0 Å². The van der Waals surface area contributed by atoms with E-state index < -0.39 is 23.6 Å². The van der Waals surface area contributed by atoms with E-state index in [9.17, 15) is 19.8 Å². The predicted molar refractivity (Wildman–Crippen MR) is 110 cm³/mol. The average molecular weight is 406 g/mol. The van der Waals surface area contributed by atoms with Crippen LogP contribution in [-0.2, 0) is 28.3 Å². The van der Waals surface area contributed by atoms with Gasteiger partial charge in [-0.25, -0.2) is 9.78 Å². The number of carbonyl (C=O) groups excluding carboxylic acids is 1. The van der Waals surface area contributed by atoms with E-state index in [1.54, 1.807) is 24.5 Å². The van der Waals surface area contributed by atoms with Crippen LogP contribution in [0.2, 0.25) is 0 Å². The van der Waals surface area contributed by atoms with E-state index in [1.165, 1.54) is 0 Å². The van der Waals surface area contributed by atoms with Gasteiger partial charge in [0.25, 0.3) is 5.56 Å². The number of para-hydroxylation sites is 1. The standard InChI is InChI=1S/C23H22N2O5/c1-3-23(29)12(2)20(26)22(28)30-11-15-16(23)9-18-19-14(10-25(18)21(15)27)8-13-6-4-5-7-17(13)24-19/h4-9,12,20,26,29H,3,10-11H2,1-2H3. The lowest BCUT2D eigenvalue weighted by Crippen LogP contribution is -2.47. The summed E-state index contributed by atoms with van der Waals surface area (Å²) in [5.74, 6) is -1.68. The van der Waals surface area contributed by atoms with Crippen molar-refractivity contribution in [2.45, 2.75) is 45.1 Å². The maximum Gasteiger partial charge on any atom is 0.335 e. The number of pyridine rings is 2. The maximum atomic E-state index is 13.4. The minimum absolute atomic E-state index is 0.229. The van der Waals surface area contributed by atoms with Crippen molar-refractivity contribution in [2.24, 2.45) is 5.92 Å². The Bertz CT molecular complexity index is 1260. The number of benzene rings is 1. The molecule has 0 aliphatic carbocycles. The number of aliphatic hydroxyl groups excluding tert-OH is 1. The van der Waals surface area contributed by atoms with Crippen molar-refractivity contribution in [3.8, 4) is 11.4 Å². The fourth-order valence-electron chi connectivity index (χ4n) is 4.69. The van der Waals surface area contributed by atoms with E-state index >= 15 is 0 Å². The third kappa shape index (κ3) is 2.49. The van der Waals surface area contributed by atoms with Gasteiger partial charge >= 0.3 is 5.97 Å². The summed E-state index contributed by atoms with van der Waals surface area (Å²) in [6.07, 6.45) is -1.25. The molecule has 0 radical (unpaired) electrons. The SMILES string of the molecule is CCC1(O)c2cc3n(c(=O)c2COC(=O)C(O)C1C)Cc1cc2ccccc2nc1-3. The minimum atomic E-state index is -1.55. The van der Waals surface area contributed by atoms with Gasteiger partial charge in [0, 0.05) is 16.9 Å². The summed E-state index contributed by atoms with van der Waals surface area (Å²) in [5.41, 5.74) is 1.85. The molecule has 0 amide bonds. The van der Waals surface area contributed by atoms with E-state index in [0.29, 0.717) is 23.5 Å². The van der Waals surface area contributed by atoms with Crippen molar-refractivity contribution in [1.82, 2.24) is 9.55 Å². The zero-order valence-corrected chi connectivity index (χ0v) is 16.8. The Balaban J connectivity index is 1.78. The molecule has 4 heterocycles. The van der Waals surface area contributed by atoms with Crippen molar-refractivity contribution in [1.29, 1.82) is 0 Å². The van der Waals surface area contributed by atoms with Gasteiger partial charge in [-0.3, -0.25) is 4.79 Å². The number of aromatic nitrogens is 2. The molecule has 3 unspecified atom stereocenters. The molecule has 3 atom stereocenters. The second-order valence-corrected chi connectivity index (χ2v) is 8.12. The maximum absolute atomic E-state index is 13.4. The molecule has 154 valence electrons. The summed E-state index contributed by atoms with van der Waals surface area (Å²) in [7, 11) is 0. The minimum Gasteiger partial charge on any atom is -0.459 e. The molecule has 3 aromatic rings. The van der Waals surface area contributed by atoms with E-state index in [-0.39, 0.29) is 24.2 Å². The molecule has 0 saturated carbocycles. The number of fused-ring (bicyclic) bond motifs is 5. The van der Waals surface area contributed by atoms with Gasteiger partial charge in [0.1, 0.15) is 6.61 Å². The normalized spacial score (nSPS) is 25.1. The van der Waals surface area contributed by atoms with Crippen LogP contribution in [0.4, 0.5) is 0 Å². The molecule has 0 fully saturated rings. The Morgan fingerprint density at radius 2 is 2.03 bits per heavy atom. The number of hydrogen-bond acceptors (Lipinski definition) is 6.